The minimum Gasteiger partial charge on any atom is -0.478 e. The Labute approximate surface area is 158 Å². The maximum absolute atomic E-state index is 10.9. The average Bonchev–Trinajstić information content (AvgIpc) is 2.66. The number of rotatable bonds is 7. The molecule has 0 aliphatic carbocycles. The maximum Gasteiger partial charge on any atom is 0.335 e. The molecule has 6 heteroatoms. The summed E-state index contributed by atoms with van der Waals surface area (Å²) in [6.45, 7) is 4.74. The van der Waals surface area contributed by atoms with Crippen LogP contribution in [-0.2, 0) is 11.3 Å². The fourth-order valence-corrected chi connectivity index (χ4v) is 3.38. The highest BCUT2D eigenvalue weighted by atomic mass is 35.5. The molecule has 5 nitrogen and oxygen atoms in total. The third-order valence-electron chi connectivity index (χ3n) is 4.59. The van der Waals surface area contributed by atoms with E-state index in [1.807, 2.05) is 30.3 Å². The van der Waals surface area contributed by atoms with Crippen LogP contribution in [-0.4, -0.2) is 48.8 Å². The van der Waals surface area contributed by atoms with Crippen LogP contribution >= 0.6 is 11.6 Å². The van der Waals surface area contributed by atoms with Crippen molar-refractivity contribution in [1.82, 2.24) is 10.2 Å². The topological polar surface area (TPSA) is 61.8 Å². The first kappa shape index (κ1) is 18.9. The van der Waals surface area contributed by atoms with E-state index < -0.39 is 5.97 Å². The van der Waals surface area contributed by atoms with Crippen molar-refractivity contribution in [2.24, 2.45) is 0 Å². The van der Waals surface area contributed by atoms with Crippen molar-refractivity contribution >= 4 is 17.6 Å². The molecule has 1 atom stereocenters. The predicted octanol–water partition coefficient (Wildman–Crippen LogP) is 3.20. The van der Waals surface area contributed by atoms with Gasteiger partial charge < -0.3 is 15.2 Å². The third-order valence-corrected chi connectivity index (χ3v) is 4.82. The van der Waals surface area contributed by atoms with Gasteiger partial charge >= 0.3 is 5.97 Å². The van der Waals surface area contributed by atoms with Crippen LogP contribution in [0.4, 0.5) is 0 Å². The highest BCUT2D eigenvalue weighted by molar-refractivity contribution is 6.30. The van der Waals surface area contributed by atoms with Gasteiger partial charge in [0.15, 0.2) is 0 Å². The van der Waals surface area contributed by atoms with E-state index in [4.69, 9.17) is 21.4 Å². The van der Waals surface area contributed by atoms with Gasteiger partial charge in [-0.3, -0.25) is 4.90 Å². The van der Waals surface area contributed by atoms with Gasteiger partial charge in [-0.15, -0.1) is 0 Å². The summed E-state index contributed by atoms with van der Waals surface area (Å²) in [4.78, 5) is 13.3. The molecule has 1 aliphatic heterocycles. The number of ether oxygens (including phenoxy) is 1. The molecule has 3 rings (SSSR count). The predicted molar refractivity (Wildman–Crippen MR) is 102 cm³/mol. The van der Waals surface area contributed by atoms with Crippen LogP contribution in [0.3, 0.4) is 0 Å². The minimum atomic E-state index is -0.905. The van der Waals surface area contributed by atoms with Crippen molar-refractivity contribution in [2.75, 3.05) is 32.8 Å². The Morgan fingerprint density at radius 1 is 1.19 bits per heavy atom. The summed E-state index contributed by atoms with van der Waals surface area (Å²) in [5, 5.41) is 13.2. The lowest BCUT2D eigenvalue weighted by atomic mass is 10.0. The third kappa shape index (κ3) is 5.05. The molecule has 0 saturated carbocycles. The van der Waals surface area contributed by atoms with Gasteiger partial charge in [0.1, 0.15) is 0 Å². The molecular weight excluding hydrogens is 352 g/mol. The lowest BCUT2D eigenvalue weighted by Crippen LogP contribution is -2.42. The molecule has 0 spiro atoms. The Morgan fingerprint density at radius 3 is 2.58 bits per heavy atom. The lowest BCUT2D eigenvalue weighted by Gasteiger charge is -2.35. The second-order valence-electron chi connectivity index (χ2n) is 6.35. The van der Waals surface area contributed by atoms with Gasteiger partial charge in [0.2, 0.25) is 0 Å². The first-order valence-electron chi connectivity index (χ1n) is 8.74. The second-order valence-corrected chi connectivity index (χ2v) is 6.79. The molecule has 138 valence electrons. The van der Waals surface area contributed by atoms with Gasteiger partial charge in [0.25, 0.3) is 0 Å². The number of morpholine rings is 1. The standard InChI is InChI=1S/C20H23ClN2O3/c21-18-3-1-2-17(12-18)19(23-8-10-26-11-9-23)14-22-13-15-4-6-16(7-5-15)20(24)25/h1-7,12,19,22H,8-11,13-14H2,(H,24,25). The van der Waals surface area contributed by atoms with Crippen molar-refractivity contribution in [2.45, 2.75) is 12.6 Å². The summed E-state index contributed by atoms with van der Waals surface area (Å²) in [6, 6.07) is 15.2. The summed E-state index contributed by atoms with van der Waals surface area (Å²) in [6.07, 6.45) is 0. The van der Waals surface area contributed by atoms with Crippen molar-refractivity contribution in [3.63, 3.8) is 0 Å². The largest absolute Gasteiger partial charge is 0.478 e. The zero-order valence-electron chi connectivity index (χ0n) is 14.5. The van der Waals surface area contributed by atoms with Gasteiger partial charge in [-0.1, -0.05) is 35.9 Å². The summed E-state index contributed by atoms with van der Waals surface area (Å²) < 4.78 is 5.48. The molecule has 1 unspecified atom stereocenters. The number of nitrogens with zero attached hydrogens (tertiary/aromatic N) is 1. The highest BCUT2D eigenvalue weighted by Gasteiger charge is 2.22. The molecule has 2 aromatic carbocycles. The van der Waals surface area contributed by atoms with Crippen LogP contribution in [0.2, 0.25) is 5.02 Å². The van der Waals surface area contributed by atoms with Gasteiger partial charge in [0.05, 0.1) is 18.8 Å². The smallest absolute Gasteiger partial charge is 0.335 e. The monoisotopic (exact) mass is 374 g/mol. The molecule has 2 N–H and O–H groups in total. The Bertz CT molecular complexity index is 730. The van der Waals surface area contributed by atoms with Crippen LogP contribution in [0, 0.1) is 0 Å². The Kier molecular flexibility index (Phi) is 6.63. The summed E-state index contributed by atoms with van der Waals surface area (Å²) in [5.74, 6) is -0.905. The van der Waals surface area contributed by atoms with Crippen LogP contribution in [0.15, 0.2) is 48.5 Å². The molecule has 1 heterocycles. The van der Waals surface area contributed by atoms with Crippen LogP contribution < -0.4 is 5.32 Å². The molecular formula is C20H23ClN2O3. The van der Waals surface area contributed by atoms with E-state index in [1.54, 1.807) is 12.1 Å². The SMILES string of the molecule is O=C(O)c1ccc(CNCC(c2cccc(Cl)c2)N2CCOCC2)cc1. The van der Waals surface area contributed by atoms with Gasteiger partial charge in [0, 0.05) is 37.2 Å². The number of aromatic carboxylic acids is 1. The lowest BCUT2D eigenvalue weighted by molar-refractivity contribution is 0.0161. The number of carboxylic acid groups (broad SMARTS) is 1. The zero-order chi connectivity index (χ0) is 18.4. The van der Waals surface area contributed by atoms with E-state index in [1.165, 1.54) is 5.56 Å². The Hall–Kier alpha value is -1.92. The van der Waals surface area contributed by atoms with E-state index in [0.717, 1.165) is 43.4 Å². The molecule has 2 aromatic rings. The van der Waals surface area contributed by atoms with E-state index >= 15 is 0 Å². The Morgan fingerprint density at radius 2 is 1.92 bits per heavy atom. The van der Waals surface area contributed by atoms with Gasteiger partial charge in [-0.2, -0.15) is 0 Å². The fraction of sp³-hybridized carbons (Fsp3) is 0.350. The van der Waals surface area contributed by atoms with E-state index in [0.29, 0.717) is 12.1 Å². The second kappa shape index (κ2) is 9.14. The number of carbonyl (C=O) groups is 1. The van der Waals surface area contributed by atoms with Gasteiger partial charge in [-0.25, -0.2) is 4.79 Å². The highest BCUT2D eigenvalue weighted by Crippen LogP contribution is 2.24. The zero-order valence-corrected chi connectivity index (χ0v) is 15.3. The summed E-state index contributed by atoms with van der Waals surface area (Å²) in [5.41, 5.74) is 2.55. The average molecular weight is 375 g/mol. The van der Waals surface area contributed by atoms with Crippen molar-refractivity contribution in [3.05, 3.63) is 70.2 Å². The molecule has 0 amide bonds. The summed E-state index contributed by atoms with van der Waals surface area (Å²) >= 11 is 6.19. The van der Waals surface area contributed by atoms with Crippen LogP contribution in [0.5, 0.6) is 0 Å². The van der Waals surface area contributed by atoms with Crippen LogP contribution in [0.1, 0.15) is 27.5 Å². The quantitative estimate of drug-likeness (QED) is 0.779. The first-order chi connectivity index (χ1) is 12.6. The number of halogens is 1. The number of benzene rings is 2. The molecule has 1 saturated heterocycles. The van der Waals surface area contributed by atoms with Crippen molar-refractivity contribution in [3.8, 4) is 0 Å². The molecule has 0 bridgehead atoms. The van der Waals surface area contributed by atoms with Crippen LogP contribution in [0.25, 0.3) is 0 Å². The fourth-order valence-electron chi connectivity index (χ4n) is 3.18. The molecule has 0 radical (unpaired) electrons. The van der Waals surface area contributed by atoms with E-state index in [-0.39, 0.29) is 6.04 Å². The number of hydrogen-bond donors (Lipinski definition) is 2. The molecule has 1 aliphatic rings. The Balaban J connectivity index is 1.64. The molecule has 0 aromatic heterocycles. The maximum atomic E-state index is 10.9. The number of carboxylic acids is 1. The minimum absolute atomic E-state index is 0.218. The van der Waals surface area contributed by atoms with Gasteiger partial charge in [-0.05, 0) is 35.4 Å². The molecule has 1 fully saturated rings. The van der Waals surface area contributed by atoms with Crippen molar-refractivity contribution in [1.29, 1.82) is 0 Å². The van der Waals surface area contributed by atoms with E-state index in [9.17, 15) is 4.79 Å². The first-order valence-corrected chi connectivity index (χ1v) is 9.11. The number of hydrogen-bond acceptors (Lipinski definition) is 4. The summed E-state index contributed by atoms with van der Waals surface area (Å²) in [7, 11) is 0. The molecule has 26 heavy (non-hydrogen) atoms. The number of nitrogens with one attached hydrogen (secondary N) is 1. The van der Waals surface area contributed by atoms with Crippen molar-refractivity contribution < 1.29 is 14.6 Å². The normalized spacial score (nSPS) is 16.3. The van der Waals surface area contributed by atoms with E-state index in [2.05, 4.69) is 16.3 Å².